The zero-order chi connectivity index (χ0) is 12.8. The lowest BCUT2D eigenvalue weighted by molar-refractivity contribution is -0.121. The lowest BCUT2D eigenvalue weighted by atomic mass is 10.00. The van der Waals surface area contributed by atoms with Gasteiger partial charge in [0.1, 0.15) is 0 Å². The molecule has 2 nitrogen and oxygen atoms in total. The van der Waals surface area contributed by atoms with E-state index >= 15 is 0 Å². The lowest BCUT2D eigenvalue weighted by Gasteiger charge is -2.03. The average Bonchev–Trinajstić information content (AvgIpc) is 2.36. The summed E-state index contributed by atoms with van der Waals surface area (Å²) in [4.78, 5) is 23.4. The number of benzene rings is 1. The molecular formula is C14H15BrO2. The molecule has 1 aromatic rings. The summed E-state index contributed by atoms with van der Waals surface area (Å²) in [5.74, 6) is -0.195. The number of allylic oxidation sites excluding steroid dienone is 1. The van der Waals surface area contributed by atoms with Crippen molar-refractivity contribution in [3.8, 4) is 0 Å². The molecule has 3 heteroatoms. The first-order chi connectivity index (χ1) is 8.08. The molecule has 1 rings (SSSR count). The van der Waals surface area contributed by atoms with Gasteiger partial charge in [0.05, 0.1) is 5.57 Å². The van der Waals surface area contributed by atoms with E-state index in [1.807, 2.05) is 24.3 Å². The van der Waals surface area contributed by atoms with E-state index in [-0.39, 0.29) is 11.6 Å². The Balaban J connectivity index is 3.09. The van der Waals surface area contributed by atoms with Gasteiger partial charge in [-0.2, -0.15) is 0 Å². The number of halogens is 1. The number of carbonyl (C=O) groups is 2. The van der Waals surface area contributed by atoms with Crippen LogP contribution in [0, 0.1) is 0 Å². The van der Waals surface area contributed by atoms with Gasteiger partial charge in [0.25, 0.3) is 0 Å². The summed E-state index contributed by atoms with van der Waals surface area (Å²) in [6.07, 6.45) is 2.38. The molecule has 0 saturated heterocycles. The maximum Gasteiger partial charge on any atom is 0.166 e. The van der Waals surface area contributed by atoms with Crippen molar-refractivity contribution in [3.63, 3.8) is 0 Å². The fourth-order valence-corrected chi connectivity index (χ4v) is 1.69. The summed E-state index contributed by atoms with van der Waals surface area (Å²) < 4.78 is 0.972. The number of hydrogen-bond donors (Lipinski definition) is 0. The fourth-order valence-electron chi connectivity index (χ4n) is 1.42. The number of rotatable bonds is 5. The summed E-state index contributed by atoms with van der Waals surface area (Å²) in [7, 11) is 0. The Kier molecular flexibility index (Phi) is 5.29. The molecule has 0 fully saturated rings. The van der Waals surface area contributed by atoms with Crippen molar-refractivity contribution in [2.75, 3.05) is 0 Å². The van der Waals surface area contributed by atoms with E-state index in [9.17, 15) is 9.59 Å². The van der Waals surface area contributed by atoms with Crippen LogP contribution in [0.25, 0.3) is 6.08 Å². The standard InChI is InChI=1S/C14H15BrO2/c1-3-13(16)12(14(17)4-2)9-10-5-7-11(15)8-6-10/h5-9H,3-4H2,1-2H3. The van der Waals surface area contributed by atoms with Crippen molar-refractivity contribution >= 4 is 33.6 Å². The third-order valence-corrected chi connectivity index (χ3v) is 2.95. The van der Waals surface area contributed by atoms with Gasteiger partial charge in [-0.15, -0.1) is 0 Å². The molecule has 0 aliphatic carbocycles. The van der Waals surface area contributed by atoms with Gasteiger partial charge in [0.2, 0.25) is 0 Å². The molecule has 0 spiro atoms. The Morgan fingerprint density at radius 2 is 1.53 bits per heavy atom. The van der Waals surface area contributed by atoms with Crippen LogP contribution in [0.3, 0.4) is 0 Å². The maximum absolute atomic E-state index is 11.7. The first-order valence-electron chi connectivity index (χ1n) is 5.62. The highest BCUT2D eigenvalue weighted by Gasteiger charge is 2.14. The Morgan fingerprint density at radius 3 is 1.94 bits per heavy atom. The second-order valence-corrected chi connectivity index (χ2v) is 4.58. The molecule has 0 bridgehead atoms. The zero-order valence-electron chi connectivity index (χ0n) is 10.00. The van der Waals surface area contributed by atoms with Gasteiger partial charge in [0, 0.05) is 17.3 Å². The Hall–Kier alpha value is -1.22. The number of ketones is 2. The first kappa shape index (κ1) is 13.8. The van der Waals surface area contributed by atoms with Gasteiger partial charge in [-0.25, -0.2) is 0 Å². The van der Waals surface area contributed by atoms with Crippen LogP contribution in [0.1, 0.15) is 32.3 Å². The van der Waals surface area contributed by atoms with Crippen LogP contribution >= 0.6 is 15.9 Å². The monoisotopic (exact) mass is 294 g/mol. The highest BCUT2D eigenvalue weighted by molar-refractivity contribution is 9.10. The first-order valence-corrected chi connectivity index (χ1v) is 6.41. The average molecular weight is 295 g/mol. The lowest BCUT2D eigenvalue weighted by Crippen LogP contribution is -2.10. The highest BCUT2D eigenvalue weighted by atomic mass is 79.9. The summed E-state index contributed by atoms with van der Waals surface area (Å²) in [5.41, 5.74) is 1.17. The molecule has 0 radical (unpaired) electrons. The van der Waals surface area contributed by atoms with Crippen molar-refractivity contribution in [3.05, 3.63) is 39.9 Å². The summed E-state index contributed by atoms with van der Waals surface area (Å²) in [5, 5.41) is 0. The molecule has 0 aliphatic heterocycles. The minimum Gasteiger partial charge on any atom is -0.294 e. The van der Waals surface area contributed by atoms with Crippen molar-refractivity contribution in [1.82, 2.24) is 0 Å². The van der Waals surface area contributed by atoms with E-state index in [0.29, 0.717) is 18.4 Å². The zero-order valence-corrected chi connectivity index (χ0v) is 11.6. The molecular weight excluding hydrogens is 280 g/mol. The maximum atomic E-state index is 11.7. The van der Waals surface area contributed by atoms with Crippen LogP contribution in [0.2, 0.25) is 0 Å². The van der Waals surface area contributed by atoms with Crippen LogP contribution < -0.4 is 0 Å². The van der Waals surface area contributed by atoms with Gasteiger partial charge < -0.3 is 0 Å². The van der Waals surface area contributed by atoms with E-state index in [1.54, 1.807) is 19.9 Å². The minimum atomic E-state index is -0.0974. The molecule has 17 heavy (non-hydrogen) atoms. The summed E-state index contributed by atoms with van der Waals surface area (Å²) in [6, 6.07) is 7.51. The Bertz CT molecular complexity index is 426. The topological polar surface area (TPSA) is 34.1 Å². The molecule has 0 aromatic heterocycles. The number of hydrogen-bond acceptors (Lipinski definition) is 2. The molecule has 0 N–H and O–H groups in total. The molecule has 0 heterocycles. The van der Waals surface area contributed by atoms with Crippen LogP contribution in [0.4, 0.5) is 0 Å². The third kappa shape index (κ3) is 3.93. The van der Waals surface area contributed by atoms with Gasteiger partial charge in [0.15, 0.2) is 11.6 Å². The van der Waals surface area contributed by atoms with Crippen LogP contribution in [0.5, 0.6) is 0 Å². The van der Waals surface area contributed by atoms with E-state index in [2.05, 4.69) is 15.9 Å². The van der Waals surface area contributed by atoms with Crippen molar-refractivity contribution < 1.29 is 9.59 Å². The minimum absolute atomic E-state index is 0.0974. The van der Waals surface area contributed by atoms with E-state index in [4.69, 9.17) is 0 Å². The largest absolute Gasteiger partial charge is 0.294 e. The SMILES string of the molecule is CCC(=O)C(=Cc1ccc(Br)cc1)C(=O)CC. The molecule has 90 valence electrons. The highest BCUT2D eigenvalue weighted by Crippen LogP contribution is 2.15. The fraction of sp³-hybridized carbons (Fsp3) is 0.286. The second kappa shape index (κ2) is 6.50. The summed E-state index contributed by atoms with van der Waals surface area (Å²) >= 11 is 3.34. The smallest absolute Gasteiger partial charge is 0.166 e. The van der Waals surface area contributed by atoms with E-state index < -0.39 is 0 Å². The van der Waals surface area contributed by atoms with Gasteiger partial charge >= 0.3 is 0 Å². The van der Waals surface area contributed by atoms with Gasteiger partial charge in [-0.05, 0) is 23.8 Å². The van der Waals surface area contributed by atoms with Gasteiger partial charge in [-0.1, -0.05) is 41.9 Å². The normalized spacial score (nSPS) is 9.82. The van der Waals surface area contributed by atoms with Crippen molar-refractivity contribution in [2.45, 2.75) is 26.7 Å². The molecule has 0 unspecified atom stereocenters. The van der Waals surface area contributed by atoms with Crippen LogP contribution in [0.15, 0.2) is 34.3 Å². The molecule has 0 aliphatic rings. The van der Waals surface area contributed by atoms with Crippen LogP contribution in [-0.4, -0.2) is 11.6 Å². The Labute approximate surface area is 110 Å². The van der Waals surface area contributed by atoms with Crippen LogP contribution in [-0.2, 0) is 9.59 Å². The predicted octanol–water partition coefficient (Wildman–Crippen LogP) is 3.79. The number of Topliss-reactive ketones (excluding diaryl/α,β-unsaturated/α-hetero) is 2. The van der Waals surface area contributed by atoms with Crippen molar-refractivity contribution in [1.29, 1.82) is 0 Å². The Morgan fingerprint density at radius 1 is 1.06 bits per heavy atom. The summed E-state index contributed by atoms with van der Waals surface area (Å²) in [6.45, 7) is 3.53. The predicted molar refractivity (Wildman–Crippen MR) is 72.7 cm³/mol. The number of carbonyl (C=O) groups excluding carboxylic acids is 2. The molecule has 1 aromatic carbocycles. The molecule has 0 saturated carbocycles. The third-order valence-electron chi connectivity index (χ3n) is 2.42. The quantitative estimate of drug-likeness (QED) is 0.470. The second-order valence-electron chi connectivity index (χ2n) is 3.66. The van der Waals surface area contributed by atoms with E-state index in [1.165, 1.54) is 0 Å². The van der Waals surface area contributed by atoms with Gasteiger partial charge in [-0.3, -0.25) is 9.59 Å². The van der Waals surface area contributed by atoms with E-state index in [0.717, 1.165) is 10.0 Å². The van der Waals surface area contributed by atoms with Crippen molar-refractivity contribution in [2.24, 2.45) is 0 Å². The molecule has 0 amide bonds. The molecule has 0 atom stereocenters.